The third-order valence-electron chi connectivity index (χ3n) is 4.17. The van der Waals surface area contributed by atoms with E-state index in [-0.39, 0.29) is 5.91 Å². The van der Waals surface area contributed by atoms with E-state index < -0.39 is 0 Å². The number of aryl methyl sites for hydroxylation is 1. The number of amides is 1. The molecule has 0 unspecified atom stereocenters. The van der Waals surface area contributed by atoms with Gasteiger partial charge in [-0.3, -0.25) is 4.79 Å². The van der Waals surface area contributed by atoms with Gasteiger partial charge in [-0.05, 0) is 47.7 Å². The number of hydrogen-bond donors (Lipinski definition) is 2. The first kappa shape index (κ1) is 14.8. The van der Waals surface area contributed by atoms with E-state index in [1.54, 1.807) is 0 Å². The molecule has 0 spiro atoms. The van der Waals surface area contributed by atoms with E-state index in [0.717, 1.165) is 35.5 Å². The summed E-state index contributed by atoms with van der Waals surface area (Å²) in [5, 5.41) is 6.36. The molecule has 1 aliphatic rings. The fourth-order valence-corrected chi connectivity index (χ4v) is 2.94. The van der Waals surface area contributed by atoms with E-state index >= 15 is 0 Å². The molecule has 114 valence electrons. The van der Waals surface area contributed by atoms with Crippen molar-refractivity contribution in [3.63, 3.8) is 0 Å². The summed E-state index contributed by atoms with van der Waals surface area (Å²) in [6, 6.07) is 12.2. The van der Waals surface area contributed by atoms with Crippen molar-refractivity contribution in [2.24, 2.45) is 0 Å². The lowest BCUT2D eigenvalue weighted by molar-refractivity contribution is 0.102. The maximum absolute atomic E-state index is 12.7. The molecule has 2 aromatic carbocycles. The molecule has 0 radical (unpaired) electrons. The summed E-state index contributed by atoms with van der Waals surface area (Å²) in [6.45, 7) is 8.03. The summed E-state index contributed by atoms with van der Waals surface area (Å²) in [5.74, 6) is 0.295. The SMILES string of the molecule is Cc1ccc(C(C)C)c(C(=O)Nc2ccc3c(c2)CNC3)c1. The lowest BCUT2D eigenvalue weighted by atomic mass is 9.95. The monoisotopic (exact) mass is 294 g/mol. The minimum absolute atomic E-state index is 0.0293. The van der Waals surface area contributed by atoms with Gasteiger partial charge in [0, 0.05) is 24.3 Å². The molecule has 1 aliphatic heterocycles. The van der Waals surface area contributed by atoms with Crippen molar-refractivity contribution in [2.45, 2.75) is 39.8 Å². The largest absolute Gasteiger partial charge is 0.322 e. The molecule has 0 aliphatic carbocycles. The number of anilines is 1. The van der Waals surface area contributed by atoms with Crippen LogP contribution in [0, 0.1) is 6.92 Å². The van der Waals surface area contributed by atoms with Gasteiger partial charge in [0.2, 0.25) is 0 Å². The van der Waals surface area contributed by atoms with Gasteiger partial charge in [0.15, 0.2) is 0 Å². The Kier molecular flexibility index (Phi) is 3.99. The molecular formula is C19H22N2O. The average Bonchev–Trinajstić information content (AvgIpc) is 2.94. The maximum atomic E-state index is 12.7. The molecule has 2 N–H and O–H groups in total. The van der Waals surface area contributed by atoms with Gasteiger partial charge in [-0.2, -0.15) is 0 Å². The van der Waals surface area contributed by atoms with E-state index in [0.29, 0.717) is 5.92 Å². The molecular weight excluding hydrogens is 272 g/mol. The number of fused-ring (bicyclic) bond motifs is 1. The van der Waals surface area contributed by atoms with Crippen LogP contribution < -0.4 is 10.6 Å². The minimum Gasteiger partial charge on any atom is -0.322 e. The van der Waals surface area contributed by atoms with Crippen molar-refractivity contribution >= 4 is 11.6 Å². The Morgan fingerprint density at radius 1 is 1.09 bits per heavy atom. The molecule has 3 rings (SSSR count). The summed E-state index contributed by atoms with van der Waals surface area (Å²) in [4.78, 5) is 12.7. The number of carbonyl (C=O) groups is 1. The number of rotatable bonds is 3. The molecule has 1 amide bonds. The van der Waals surface area contributed by atoms with Crippen molar-refractivity contribution in [1.29, 1.82) is 0 Å². The normalized spacial score (nSPS) is 13.3. The standard InChI is InChI=1S/C19H22N2O/c1-12(2)17-7-4-13(3)8-18(17)19(22)21-16-6-5-14-10-20-11-15(14)9-16/h4-9,12,20H,10-11H2,1-3H3,(H,21,22). The zero-order chi connectivity index (χ0) is 15.7. The highest BCUT2D eigenvalue weighted by atomic mass is 16.1. The zero-order valence-corrected chi connectivity index (χ0v) is 13.4. The van der Waals surface area contributed by atoms with E-state index in [2.05, 4.69) is 48.7 Å². The van der Waals surface area contributed by atoms with Gasteiger partial charge in [0.05, 0.1) is 0 Å². The second-order valence-electron chi connectivity index (χ2n) is 6.29. The van der Waals surface area contributed by atoms with E-state index in [1.165, 1.54) is 11.1 Å². The Bertz CT molecular complexity index is 719. The van der Waals surface area contributed by atoms with Crippen LogP contribution in [0.15, 0.2) is 36.4 Å². The fourth-order valence-electron chi connectivity index (χ4n) is 2.94. The van der Waals surface area contributed by atoms with Crippen molar-refractivity contribution in [2.75, 3.05) is 5.32 Å². The smallest absolute Gasteiger partial charge is 0.255 e. The van der Waals surface area contributed by atoms with Crippen LogP contribution in [0.25, 0.3) is 0 Å². The van der Waals surface area contributed by atoms with Gasteiger partial charge < -0.3 is 10.6 Å². The van der Waals surface area contributed by atoms with E-state index in [1.807, 2.05) is 19.1 Å². The number of nitrogens with one attached hydrogen (secondary N) is 2. The predicted molar refractivity (Wildman–Crippen MR) is 90.2 cm³/mol. The highest BCUT2D eigenvalue weighted by molar-refractivity contribution is 6.05. The lowest BCUT2D eigenvalue weighted by Crippen LogP contribution is -2.15. The van der Waals surface area contributed by atoms with Crippen LogP contribution in [0.4, 0.5) is 5.69 Å². The van der Waals surface area contributed by atoms with Crippen LogP contribution in [0.5, 0.6) is 0 Å². The summed E-state index contributed by atoms with van der Waals surface area (Å²) in [6.07, 6.45) is 0. The van der Waals surface area contributed by atoms with Crippen LogP contribution in [0.3, 0.4) is 0 Å². The number of benzene rings is 2. The third-order valence-corrected chi connectivity index (χ3v) is 4.17. The summed E-state index contributed by atoms with van der Waals surface area (Å²) < 4.78 is 0. The molecule has 0 bridgehead atoms. The maximum Gasteiger partial charge on any atom is 0.255 e. The van der Waals surface area contributed by atoms with Crippen LogP contribution in [-0.4, -0.2) is 5.91 Å². The topological polar surface area (TPSA) is 41.1 Å². The van der Waals surface area contributed by atoms with E-state index in [4.69, 9.17) is 0 Å². The quantitative estimate of drug-likeness (QED) is 0.899. The molecule has 1 heterocycles. The van der Waals surface area contributed by atoms with Gasteiger partial charge in [-0.25, -0.2) is 0 Å². The first-order chi connectivity index (χ1) is 10.5. The summed E-state index contributed by atoms with van der Waals surface area (Å²) >= 11 is 0. The second kappa shape index (κ2) is 5.93. The molecule has 2 aromatic rings. The first-order valence-electron chi connectivity index (χ1n) is 7.79. The number of hydrogen-bond acceptors (Lipinski definition) is 2. The molecule has 0 saturated carbocycles. The van der Waals surface area contributed by atoms with Crippen LogP contribution in [0.1, 0.15) is 52.4 Å². The number of carbonyl (C=O) groups excluding carboxylic acids is 1. The molecule has 0 atom stereocenters. The molecule has 0 aromatic heterocycles. The second-order valence-corrected chi connectivity index (χ2v) is 6.29. The van der Waals surface area contributed by atoms with Gasteiger partial charge in [0.25, 0.3) is 5.91 Å². The molecule has 0 saturated heterocycles. The van der Waals surface area contributed by atoms with Gasteiger partial charge in [-0.15, -0.1) is 0 Å². The molecule has 3 heteroatoms. The Hall–Kier alpha value is -2.13. The Balaban J connectivity index is 1.87. The molecule has 22 heavy (non-hydrogen) atoms. The van der Waals surface area contributed by atoms with Gasteiger partial charge in [-0.1, -0.05) is 37.6 Å². The van der Waals surface area contributed by atoms with Crippen molar-refractivity contribution < 1.29 is 4.79 Å². The van der Waals surface area contributed by atoms with Crippen molar-refractivity contribution in [3.05, 3.63) is 64.2 Å². The lowest BCUT2D eigenvalue weighted by Gasteiger charge is -2.14. The zero-order valence-electron chi connectivity index (χ0n) is 13.4. The highest BCUT2D eigenvalue weighted by Crippen LogP contribution is 2.24. The first-order valence-corrected chi connectivity index (χ1v) is 7.79. The molecule has 3 nitrogen and oxygen atoms in total. The molecule has 0 fully saturated rings. The van der Waals surface area contributed by atoms with Crippen LogP contribution in [-0.2, 0) is 13.1 Å². The van der Waals surface area contributed by atoms with Crippen LogP contribution in [0.2, 0.25) is 0 Å². The van der Waals surface area contributed by atoms with Crippen LogP contribution >= 0.6 is 0 Å². The Morgan fingerprint density at radius 3 is 2.64 bits per heavy atom. The predicted octanol–water partition coefficient (Wildman–Crippen LogP) is 3.97. The average molecular weight is 294 g/mol. The van der Waals surface area contributed by atoms with E-state index in [9.17, 15) is 4.79 Å². The van der Waals surface area contributed by atoms with Gasteiger partial charge >= 0.3 is 0 Å². The van der Waals surface area contributed by atoms with Crippen molar-refractivity contribution in [3.8, 4) is 0 Å². The fraction of sp³-hybridized carbons (Fsp3) is 0.316. The minimum atomic E-state index is -0.0293. The van der Waals surface area contributed by atoms with Gasteiger partial charge in [0.1, 0.15) is 0 Å². The Labute approximate surface area is 131 Å². The third kappa shape index (κ3) is 2.90. The highest BCUT2D eigenvalue weighted by Gasteiger charge is 2.16. The summed E-state index contributed by atoms with van der Waals surface area (Å²) in [5.41, 5.74) is 6.42. The summed E-state index contributed by atoms with van der Waals surface area (Å²) in [7, 11) is 0. The van der Waals surface area contributed by atoms with Crippen molar-refractivity contribution in [1.82, 2.24) is 5.32 Å². The Morgan fingerprint density at radius 2 is 1.86 bits per heavy atom.